The van der Waals surface area contributed by atoms with Crippen LogP contribution in [0.15, 0.2) is 78.9 Å². The van der Waals surface area contributed by atoms with Crippen LogP contribution >= 0.6 is 0 Å². The minimum Gasteiger partial charge on any atom is -0.484 e. The van der Waals surface area contributed by atoms with Crippen LogP contribution in [-0.2, 0) is 4.79 Å². The monoisotopic (exact) mass is 416 g/mol. The van der Waals surface area contributed by atoms with E-state index in [9.17, 15) is 9.59 Å². The normalized spacial score (nSPS) is 11.6. The number of ether oxygens (including phenoxy) is 1. The van der Waals surface area contributed by atoms with Crippen LogP contribution in [-0.4, -0.2) is 18.4 Å². The zero-order valence-corrected chi connectivity index (χ0v) is 18.1. The predicted octanol–water partition coefficient (Wildman–Crippen LogP) is 5.32. The van der Waals surface area contributed by atoms with Gasteiger partial charge in [-0.25, -0.2) is 0 Å². The molecular weight excluding hydrogens is 388 g/mol. The summed E-state index contributed by atoms with van der Waals surface area (Å²) in [6.07, 6.45) is 0. The first-order valence-corrected chi connectivity index (χ1v) is 10.4. The molecule has 1 unspecified atom stereocenters. The van der Waals surface area contributed by atoms with Crippen molar-refractivity contribution in [3.63, 3.8) is 0 Å². The van der Waals surface area contributed by atoms with Gasteiger partial charge in [0.25, 0.3) is 11.8 Å². The molecule has 0 saturated carbocycles. The van der Waals surface area contributed by atoms with Crippen molar-refractivity contribution in [3.8, 4) is 5.75 Å². The van der Waals surface area contributed by atoms with E-state index >= 15 is 0 Å². The molecule has 2 N–H and O–H groups in total. The van der Waals surface area contributed by atoms with Gasteiger partial charge in [0.05, 0.1) is 17.3 Å². The van der Waals surface area contributed by atoms with E-state index in [1.807, 2.05) is 61.5 Å². The molecule has 1 atom stereocenters. The molecule has 2 amide bonds. The lowest BCUT2D eigenvalue weighted by molar-refractivity contribution is -0.118. The second kappa shape index (κ2) is 10.4. The van der Waals surface area contributed by atoms with E-state index in [1.165, 1.54) is 5.56 Å². The van der Waals surface area contributed by atoms with Crippen molar-refractivity contribution in [1.29, 1.82) is 0 Å². The quantitative estimate of drug-likeness (QED) is 0.522. The van der Waals surface area contributed by atoms with Crippen LogP contribution < -0.4 is 15.4 Å². The molecule has 5 nitrogen and oxygen atoms in total. The van der Waals surface area contributed by atoms with E-state index < -0.39 is 0 Å². The highest BCUT2D eigenvalue weighted by Gasteiger charge is 2.16. The van der Waals surface area contributed by atoms with Gasteiger partial charge in [-0.15, -0.1) is 0 Å². The van der Waals surface area contributed by atoms with Crippen molar-refractivity contribution >= 4 is 17.5 Å². The Morgan fingerprint density at radius 2 is 1.45 bits per heavy atom. The Hall–Kier alpha value is -3.60. The molecule has 160 valence electrons. The number of carbonyl (C=O) groups excluding carboxylic acids is 2. The Kier molecular flexibility index (Phi) is 7.44. The fourth-order valence-corrected chi connectivity index (χ4v) is 3.17. The van der Waals surface area contributed by atoms with Crippen LogP contribution in [0.5, 0.6) is 5.75 Å². The smallest absolute Gasteiger partial charge is 0.262 e. The number of benzene rings is 3. The molecule has 3 aromatic rings. The van der Waals surface area contributed by atoms with Gasteiger partial charge in [0, 0.05) is 0 Å². The van der Waals surface area contributed by atoms with E-state index in [2.05, 4.69) is 24.5 Å². The lowest BCUT2D eigenvalue weighted by Gasteiger charge is -2.16. The van der Waals surface area contributed by atoms with Gasteiger partial charge in [0.1, 0.15) is 5.75 Å². The molecule has 0 saturated heterocycles. The average Bonchev–Trinajstić information content (AvgIpc) is 2.79. The molecule has 0 aromatic heterocycles. The summed E-state index contributed by atoms with van der Waals surface area (Å²) in [5, 5.41) is 5.76. The van der Waals surface area contributed by atoms with Gasteiger partial charge < -0.3 is 15.4 Å². The SMILES string of the molecule is CC(C)c1ccc(OCC(=O)Nc2ccccc2C(=O)NC(C)c2ccccc2)cc1. The van der Waals surface area contributed by atoms with Crippen LogP contribution in [0.25, 0.3) is 0 Å². The zero-order chi connectivity index (χ0) is 22.2. The summed E-state index contributed by atoms with van der Waals surface area (Å²) in [5.74, 6) is 0.480. The van der Waals surface area contributed by atoms with Crippen LogP contribution in [0.3, 0.4) is 0 Å². The first-order chi connectivity index (χ1) is 14.9. The van der Waals surface area contributed by atoms with Gasteiger partial charge in [-0.3, -0.25) is 9.59 Å². The largest absolute Gasteiger partial charge is 0.484 e. The molecule has 0 aliphatic heterocycles. The summed E-state index contributed by atoms with van der Waals surface area (Å²) in [6, 6.07) is 24.2. The van der Waals surface area contributed by atoms with Gasteiger partial charge in [-0.2, -0.15) is 0 Å². The summed E-state index contributed by atoms with van der Waals surface area (Å²) >= 11 is 0. The number of anilines is 1. The van der Waals surface area contributed by atoms with E-state index in [0.717, 1.165) is 5.56 Å². The summed E-state index contributed by atoms with van der Waals surface area (Å²) in [7, 11) is 0. The number of nitrogens with one attached hydrogen (secondary N) is 2. The molecule has 31 heavy (non-hydrogen) atoms. The highest BCUT2D eigenvalue weighted by molar-refractivity contribution is 6.04. The van der Waals surface area contributed by atoms with Gasteiger partial charge >= 0.3 is 0 Å². The number of para-hydroxylation sites is 1. The highest BCUT2D eigenvalue weighted by atomic mass is 16.5. The Morgan fingerprint density at radius 3 is 2.13 bits per heavy atom. The number of carbonyl (C=O) groups is 2. The van der Waals surface area contributed by atoms with Crippen molar-refractivity contribution < 1.29 is 14.3 Å². The van der Waals surface area contributed by atoms with Crippen molar-refractivity contribution in [2.24, 2.45) is 0 Å². The third-order valence-corrected chi connectivity index (χ3v) is 5.01. The molecule has 3 rings (SSSR count). The van der Waals surface area contributed by atoms with Crippen molar-refractivity contribution in [3.05, 3.63) is 95.6 Å². The Balaban J connectivity index is 1.60. The van der Waals surface area contributed by atoms with E-state index in [1.54, 1.807) is 24.3 Å². The molecule has 0 heterocycles. The lowest BCUT2D eigenvalue weighted by Crippen LogP contribution is -2.28. The maximum atomic E-state index is 12.8. The van der Waals surface area contributed by atoms with Crippen molar-refractivity contribution in [1.82, 2.24) is 5.32 Å². The maximum absolute atomic E-state index is 12.8. The average molecular weight is 417 g/mol. The fourth-order valence-electron chi connectivity index (χ4n) is 3.17. The Bertz CT molecular complexity index is 1010. The summed E-state index contributed by atoms with van der Waals surface area (Å²) < 4.78 is 5.58. The van der Waals surface area contributed by atoms with Gasteiger partial charge in [0.2, 0.25) is 0 Å². The molecule has 0 fully saturated rings. The lowest BCUT2D eigenvalue weighted by atomic mass is 10.0. The van der Waals surface area contributed by atoms with E-state index in [0.29, 0.717) is 22.9 Å². The molecule has 0 aliphatic carbocycles. The standard InChI is InChI=1S/C26H28N2O3/c1-18(2)20-13-15-22(16-14-20)31-17-25(29)28-24-12-8-7-11-23(24)26(30)27-19(3)21-9-5-4-6-10-21/h4-16,18-19H,17H2,1-3H3,(H,27,30)(H,28,29). The van der Waals surface area contributed by atoms with Gasteiger partial charge in [-0.1, -0.05) is 68.4 Å². The van der Waals surface area contributed by atoms with Crippen molar-refractivity contribution in [2.45, 2.75) is 32.7 Å². The number of amides is 2. The molecule has 5 heteroatoms. The second-order valence-electron chi connectivity index (χ2n) is 7.71. The maximum Gasteiger partial charge on any atom is 0.262 e. The highest BCUT2D eigenvalue weighted by Crippen LogP contribution is 2.20. The Morgan fingerprint density at radius 1 is 0.806 bits per heavy atom. The van der Waals surface area contributed by atoms with E-state index in [-0.39, 0.29) is 24.5 Å². The van der Waals surface area contributed by atoms with Crippen LogP contribution in [0.1, 0.15) is 54.2 Å². The number of hydrogen-bond acceptors (Lipinski definition) is 3. The number of rotatable bonds is 8. The first kappa shape index (κ1) is 22.1. The molecular formula is C26H28N2O3. The molecule has 0 radical (unpaired) electrons. The minimum atomic E-state index is -0.329. The van der Waals surface area contributed by atoms with Gasteiger partial charge in [0.15, 0.2) is 6.61 Å². The van der Waals surface area contributed by atoms with Crippen LogP contribution in [0, 0.1) is 0 Å². The molecule has 0 bridgehead atoms. The second-order valence-corrected chi connectivity index (χ2v) is 7.71. The summed E-state index contributed by atoms with van der Waals surface area (Å²) in [4.78, 5) is 25.2. The minimum absolute atomic E-state index is 0.141. The molecule has 3 aromatic carbocycles. The van der Waals surface area contributed by atoms with Gasteiger partial charge in [-0.05, 0) is 48.2 Å². The number of hydrogen-bond donors (Lipinski definition) is 2. The summed E-state index contributed by atoms with van der Waals surface area (Å²) in [5.41, 5.74) is 3.07. The topological polar surface area (TPSA) is 67.4 Å². The fraction of sp³-hybridized carbons (Fsp3) is 0.231. The zero-order valence-electron chi connectivity index (χ0n) is 18.1. The Labute approximate surface area is 183 Å². The van der Waals surface area contributed by atoms with Crippen LogP contribution in [0.2, 0.25) is 0 Å². The van der Waals surface area contributed by atoms with Crippen molar-refractivity contribution in [2.75, 3.05) is 11.9 Å². The summed E-state index contributed by atoms with van der Waals surface area (Å²) in [6.45, 7) is 6.03. The third-order valence-electron chi connectivity index (χ3n) is 5.01. The third kappa shape index (κ3) is 6.19. The first-order valence-electron chi connectivity index (χ1n) is 10.4. The van der Waals surface area contributed by atoms with Crippen LogP contribution in [0.4, 0.5) is 5.69 Å². The molecule has 0 aliphatic rings. The van der Waals surface area contributed by atoms with E-state index in [4.69, 9.17) is 4.74 Å². The predicted molar refractivity (Wildman–Crippen MR) is 123 cm³/mol. The molecule has 0 spiro atoms.